The maximum Gasteiger partial charge on any atom is 0.192 e. The number of benzene rings is 2. The van der Waals surface area contributed by atoms with Crippen LogP contribution < -0.4 is 10.2 Å². The quantitative estimate of drug-likeness (QED) is 0.511. The van der Waals surface area contributed by atoms with E-state index in [0.29, 0.717) is 23.5 Å². The molecular formula is C25H28BrNO4. The van der Waals surface area contributed by atoms with E-state index in [1.165, 1.54) is 36.3 Å². The number of halogens is 1. The fraction of sp³-hybridized carbons (Fsp3) is 0.400. The van der Waals surface area contributed by atoms with Gasteiger partial charge in [-0.1, -0.05) is 12.1 Å². The number of hydrogen-bond acceptors (Lipinski definition) is 5. The Morgan fingerprint density at radius 1 is 1.10 bits per heavy atom. The lowest BCUT2D eigenvalue weighted by atomic mass is 9.90. The van der Waals surface area contributed by atoms with Crippen LogP contribution in [0.4, 0.5) is 0 Å². The van der Waals surface area contributed by atoms with Crippen LogP contribution >= 0.6 is 15.9 Å². The van der Waals surface area contributed by atoms with Crippen molar-refractivity contribution in [3.05, 3.63) is 74.6 Å². The van der Waals surface area contributed by atoms with Gasteiger partial charge >= 0.3 is 0 Å². The molecule has 1 aliphatic rings. The minimum absolute atomic E-state index is 0.0155. The van der Waals surface area contributed by atoms with Crippen molar-refractivity contribution in [2.24, 2.45) is 5.92 Å². The zero-order chi connectivity index (χ0) is 21.6. The summed E-state index contributed by atoms with van der Waals surface area (Å²) in [7, 11) is 0. The predicted octanol–water partition coefficient (Wildman–Crippen LogP) is 4.42. The lowest BCUT2D eigenvalue weighted by Gasteiger charge is -2.32. The molecule has 3 aromatic rings. The van der Waals surface area contributed by atoms with Crippen LogP contribution in [-0.2, 0) is 12.8 Å². The fourth-order valence-corrected chi connectivity index (χ4v) is 4.62. The van der Waals surface area contributed by atoms with Gasteiger partial charge < -0.3 is 19.2 Å². The smallest absolute Gasteiger partial charge is 0.192 e. The number of aliphatic hydroxyl groups excluding tert-OH is 1. The summed E-state index contributed by atoms with van der Waals surface area (Å²) >= 11 is 3.51. The Kier molecular flexibility index (Phi) is 7.43. The Balaban J connectivity index is 1.27. The maximum atomic E-state index is 12.0. The number of aliphatic hydroxyl groups is 1. The van der Waals surface area contributed by atoms with Crippen LogP contribution in [-0.4, -0.2) is 42.9 Å². The van der Waals surface area contributed by atoms with Gasteiger partial charge in [0.15, 0.2) is 5.43 Å². The third-order valence-electron chi connectivity index (χ3n) is 6.02. The summed E-state index contributed by atoms with van der Waals surface area (Å²) in [6, 6.07) is 13.7. The summed E-state index contributed by atoms with van der Waals surface area (Å²) in [5.74, 6) is 1.47. The summed E-state index contributed by atoms with van der Waals surface area (Å²) in [4.78, 5) is 14.5. The predicted molar refractivity (Wildman–Crippen MR) is 126 cm³/mol. The molecule has 0 aliphatic carbocycles. The number of ether oxygens (including phenoxy) is 1. The van der Waals surface area contributed by atoms with E-state index in [1.807, 2.05) is 18.2 Å². The molecular weight excluding hydrogens is 458 g/mol. The van der Waals surface area contributed by atoms with Gasteiger partial charge in [0.2, 0.25) is 0 Å². The van der Waals surface area contributed by atoms with Gasteiger partial charge in [-0.2, -0.15) is 0 Å². The molecule has 0 radical (unpaired) electrons. The molecule has 2 heterocycles. The number of nitrogens with zero attached hydrogens (tertiary/aromatic N) is 1. The number of hydrogen-bond donors (Lipinski definition) is 1. The highest BCUT2D eigenvalue weighted by Crippen LogP contribution is 2.29. The Bertz CT molecular complexity index is 1070. The molecule has 0 saturated carbocycles. The van der Waals surface area contributed by atoms with Gasteiger partial charge in [-0.15, -0.1) is 0 Å². The first-order chi connectivity index (χ1) is 15.1. The molecule has 4 rings (SSSR count). The Labute approximate surface area is 190 Å². The first-order valence-electron chi connectivity index (χ1n) is 10.9. The molecule has 0 bridgehead atoms. The second-order valence-electron chi connectivity index (χ2n) is 8.19. The van der Waals surface area contributed by atoms with E-state index in [-0.39, 0.29) is 12.0 Å². The standard InChI is InChI=1S/C25H28BrNO4/c26-22-3-1-20(17-25(22)31-14-12-28)15-19-6-10-27(11-7-19)9-5-18-2-4-24-21(16-18)23(29)8-13-30-24/h1-4,8,13,16-17,19,28H,5-7,9-12,14-15H2. The third kappa shape index (κ3) is 5.76. The SMILES string of the molecule is O=c1ccoc2ccc(CCN3CCC(Cc4ccc(Br)c(OCCO)c4)CC3)cc12. The first-order valence-corrected chi connectivity index (χ1v) is 11.7. The molecule has 164 valence electrons. The molecule has 1 aromatic heterocycles. The monoisotopic (exact) mass is 485 g/mol. The molecule has 5 nitrogen and oxygen atoms in total. The third-order valence-corrected chi connectivity index (χ3v) is 6.67. The second kappa shape index (κ2) is 10.4. The van der Waals surface area contributed by atoms with Crippen molar-refractivity contribution < 1.29 is 14.3 Å². The Hall–Kier alpha value is -2.15. The van der Waals surface area contributed by atoms with Gasteiger partial charge in [0, 0.05) is 12.6 Å². The molecule has 2 aromatic carbocycles. The molecule has 0 amide bonds. The summed E-state index contributed by atoms with van der Waals surface area (Å²) in [6.07, 6.45) is 5.81. The van der Waals surface area contributed by atoms with Gasteiger partial charge in [-0.3, -0.25) is 4.79 Å². The maximum absolute atomic E-state index is 12.0. The van der Waals surface area contributed by atoms with E-state index in [9.17, 15) is 4.79 Å². The normalized spacial score (nSPS) is 15.4. The first kappa shape index (κ1) is 22.1. The van der Waals surface area contributed by atoms with Crippen molar-refractivity contribution in [1.82, 2.24) is 4.90 Å². The topological polar surface area (TPSA) is 62.9 Å². The minimum Gasteiger partial charge on any atom is -0.490 e. The Morgan fingerprint density at radius 3 is 2.71 bits per heavy atom. The van der Waals surface area contributed by atoms with Crippen LogP contribution in [0.2, 0.25) is 0 Å². The van der Waals surface area contributed by atoms with Crippen LogP contribution in [0.1, 0.15) is 24.0 Å². The van der Waals surface area contributed by atoms with Crippen LogP contribution in [0.3, 0.4) is 0 Å². The van der Waals surface area contributed by atoms with E-state index in [2.05, 4.69) is 39.0 Å². The van der Waals surface area contributed by atoms with E-state index < -0.39 is 0 Å². The molecule has 0 unspecified atom stereocenters. The number of rotatable bonds is 8. The van der Waals surface area contributed by atoms with Gasteiger partial charge in [-0.05, 0) is 96.0 Å². The summed E-state index contributed by atoms with van der Waals surface area (Å²) in [5, 5.41) is 9.65. The zero-order valence-electron chi connectivity index (χ0n) is 17.6. The van der Waals surface area contributed by atoms with Crippen LogP contribution in [0.5, 0.6) is 5.75 Å². The van der Waals surface area contributed by atoms with Gasteiger partial charge in [0.25, 0.3) is 0 Å². The molecule has 31 heavy (non-hydrogen) atoms. The van der Waals surface area contributed by atoms with E-state index in [4.69, 9.17) is 14.3 Å². The second-order valence-corrected chi connectivity index (χ2v) is 9.05. The number of piperidine rings is 1. The minimum atomic E-state index is 0.0155. The molecule has 1 aliphatic heterocycles. The van der Waals surface area contributed by atoms with Crippen molar-refractivity contribution in [1.29, 1.82) is 0 Å². The molecule has 0 spiro atoms. The average molecular weight is 486 g/mol. The molecule has 1 saturated heterocycles. The highest BCUT2D eigenvalue weighted by atomic mass is 79.9. The van der Waals surface area contributed by atoms with Gasteiger partial charge in [-0.25, -0.2) is 0 Å². The van der Waals surface area contributed by atoms with Gasteiger partial charge in [0.1, 0.15) is 17.9 Å². The summed E-state index contributed by atoms with van der Waals surface area (Å²) < 4.78 is 11.9. The highest BCUT2D eigenvalue weighted by molar-refractivity contribution is 9.10. The van der Waals surface area contributed by atoms with E-state index in [0.717, 1.165) is 42.7 Å². The zero-order valence-corrected chi connectivity index (χ0v) is 19.1. The average Bonchev–Trinajstić information content (AvgIpc) is 2.79. The lowest BCUT2D eigenvalue weighted by molar-refractivity contribution is 0.185. The van der Waals surface area contributed by atoms with E-state index in [1.54, 1.807) is 0 Å². The largest absolute Gasteiger partial charge is 0.490 e. The van der Waals surface area contributed by atoms with Crippen molar-refractivity contribution in [2.75, 3.05) is 32.8 Å². The van der Waals surface area contributed by atoms with Crippen molar-refractivity contribution in [2.45, 2.75) is 25.7 Å². The van der Waals surface area contributed by atoms with Crippen molar-refractivity contribution in [3.63, 3.8) is 0 Å². The Morgan fingerprint density at radius 2 is 1.90 bits per heavy atom. The van der Waals surface area contributed by atoms with Crippen molar-refractivity contribution >= 4 is 26.9 Å². The van der Waals surface area contributed by atoms with Crippen LogP contribution in [0, 0.1) is 5.92 Å². The fourth-order valence-electron chi connectivity index (χ4n) is 4.26. The summed E-state index contributed by atoms with van der Waals surface area (Å²) in [6.45, 7) is 3.54. The van der Waals surface area contributed by atoms with Crippen LogP contribution in [0.15, 0.2) is 62.4 Å². The van der Waals surface area contributed by atoms with Gasteiger partial charge in [0.05, 0.1) is 22.7 Å². The molecule has 6 heteroatoms. The molecule has 1 N–H and O–H groups in total. The summed E-state index contributed by atoms with van der Waals surface area (Å²) in [5.41, 5.74) is 3.12. The number of likely N-dealkylation sites (tertiary alicyclic amines) is 1. The molecule has 0 atom stereocenters. The number of fused-ring (bicyclic) bond motifs is 1. The van der Waals surface area contributed by atoms with Crippen LogP contribution in [0.25, 0.3) is 11.0 Å². The molecule has 1 fully saturated rings. The lowest BCUT2D eigenvalue weighted by Crippen LogP contribution is -2.35. The van der Waals surface area contributed by atoms with Crippen molar-refractivity contribution in [3.8, 4) is 5.75 Å². The van der Waals surface area contributed by atoms with E-state index >= 15 is 0 Å². The highest BCUT2D eigenvalue weighted by Gasteiger charge is 2.20.